The lowest BCUT2D eigenvalue weighted by atomic mass is 10.0. The third-order valence-corrected chi connectivity index (χ3v) is 12.3. The van der Waals surface area contributed by atoms with E-state index in [9.17, 15) is 15.0 Å². The summed E-state index contributed by atoms with van der Waals surface area (Å²) in [4.78, 5) is 12.4. The van der Waals surface area contributed by atoms with Crippen molar-refractivity contribution in [3.05, 3.63) is 97.2 Å². The van der Waals surface area contributed by atoms with Gasteiger partial charge in [0.05, 0.1) is 18.8 Å². The van der Waals surface area contributed by atoms with Gasteiger partial charge in [0.25, 0.3) is 0 Å². The lowest BCUT2D eigenvalue weighted by Gasteiger charge is -2.19. The number of rotatable bonds is 50. The fourth-order valence-electron chi connectivity index (χ4n) is 8.08. The van der Waals surface area contributed by atoms with E-state index in [0.29, 0.717) is 6.42 Å². The fraction of sp³-hybridized carbons (Fsp3) is 0.721. The monoisotopic (exact) mass is 902 g/mol. The van der Waals surface area contributed by atoms with Crippen LogP contribution in [0.5, 0.6) is 0 Å². The molecule has 1 amide bonds. The summed E-state index contributed by atoms with van der Waals surface area (Å²) in [5.41, 5.74) is 0. The van der Waals surface area contributed by atoms with Crippen LogP contribution in [-0.2, 0) is 4.79 Å². The minimum atomic E-state index is -0.864. The lowest BCUT2D eigenvalue weighted by molar-refractivity contribution is -0.123. The van der Waals surface area contributed by atoms with E-state index in [1.807, 2.05) is 6.08 Å². The maximum atomic E-state index is 12.4. The van der Waals surface area contributed by atoms with Gasteiger partial charge in [0, 0.05) is 6.42 Å². The number of carbonyl (C=O) groups excluding carboxylic acids is 1. The zero-order valence-corrected chi connectivity index (χ0v) is 43.0. The molecule has 65 heavy (non-hydrogen) atoms. The van der Waals surface area contributed by atoms with E-state index in [1.54, 1.807) is 6.08 Å². The number of allylic oxidation sites excluding steroid dienone is 15. The highest BCUT2D eigenvalue weighted by atomic mass is 16.3. The Bertz CT molecular complexity index is 1210. The molecule has 4 nitrogen and oxygen atoms in total. The summed E-state index contributed by atoms with van der Waals surface area (Å²) < 4.78 is 0. The molecule has 0 aliphatic heterocycles. The first-order chi connectivity index (χ1) is 32.2. The van der Waals surface area contributed by atoms with Gasteiger partial charge in [0.1, 0.15) is 0 Å². The second-order valence-electron chi connectivity index (χ2n) is 18.6. The molecule has 4 heteroatoms. The van der Waals surface area contributed by atoms with E-state index in [-0.39, 0.29) is 12.5 Å². The number of hydrogen-bond donors (Lipinski definition) is 3. The van der Waals surface area contributed by atoms with Crippen molar-refractivity contribution in [3.63, 3.8) is 0 Å². The summed E-state index contributed by atoms with van der Waals surface area (Å²) in [6, 6.07) is -0.641. The summed E-state index contributed by atoms with van der Waals surface area (Å²) in [6.07, 6.45) is 82.9. The maximum absolute atomic E-state index is 12.4. The molecule has 2 atom stereocenters. The average molecular weight is 903 g/mol. The minimum Gasteiger partial charge on any atom is -0.394 e. The zero-order chi connectivity index (χ0) is 47.0. The van der Waals surface area contributed by atoms with Crippen LogP contribution in [0.25, 0.3) is 0 Å². The first-order valence-corrected chi connectivity index (χ1v) is 28.0. The average Bonchev–Trinajstić information content (AvgIpc) is 3.31. The first kappa shape index (κ1) is 62.3. The summed E-state index contributed by atoms with van der Waals surface area (Å²) in [6.45, 7) is 4.18. The van der Waals surface area contributed by atoms with Crippen LogP contribution in [0.2, 0.25) is 0 Å². The summed E-state index contributed by atoms with van der Waals surface area (Å²) in [5.74, 6) is -0.0740. The van der Waals surface area contributed by atoms with Crippen LogP contribution in [0.3, 0.4) is 0 Å². The molecule has 0 radical (unpaired) electrons. The Morgan fingerprint density at radius 2 is 0.692 bits per heavy atom. The van der Waals surface area contributed by atoms with Gasteiger partial charge in [-0.2, -0.15) is 0 Å². The van der Waals surface area contributed by atoms with Gasteiger partial charge in [0.2, 0.25) is 5.91 Å². The van der Waals surface area contributed by atoms with Gasteiger partial charge in [-0.05, 0) is 83.5 Å². The van der Waals surface area contributed by atoms with E-state index >= 15 is 0 Å². The molecule has 0 aromatic heterocycles. The molecule has 0 saturated carbocycles. The van der Waals surface area contributed by atoms with Crippen molar-refractivity contribution in [2.45, 2.75) is 276 Å². The molecule has 0 aliphatic carbocycles. The molecule has 0 heterocycles. The van der Waals surface area contributed by atoms with E-state index in [4.69, 9.17) is 0 Å². The normalized spacial score (nSPS) is 13.6. The highest BCUT2D eigenvalue weighted by Crippen LogP contribution is 2.16. The third kappa shape index (κ3) is 52.1. The molecule has 0 spiro atoms. The van der Waals surface area contributed by atoms with Gasteiger partial charge in [0.15, 0.2) is 0 Å². The molecule has 3 N–H and O–H groups in total. The van der Waals surface area contributed by atoms with E-state index < -0.39 is 12.1 Å². The van der Waals surface area contributed by atoms with Crippen molar-refractivity contribution in [1.82, 2.24) is 5.32 Å². The largest absolute Gasteiger partial charge is 0.394 e. The molecule has 2 unspecified atom stereocenters. The van der Waals surface area contributed by atoms with Crippen LogP contribution in [0, 0.1) is 0 Å². The Morgan fingerprint density at radius 1 is 0.385 bits per heavy atom. The Morgan fingerprint density at radius 3 is 1.08 bits per heavy atom. The van der Waals surface area contributed by atoms with Crippen molar-refractivity contribution >= 4 is 5.91 Å². The highest BCUT2D eigenvalue weighted by molar-refractivity contribution is 5.76. The SMILES string of the molecule is CC/C=C\C/C=C\C/C=C\C/C=C\C/C=C\C/C=C\CCCCCCCCCCCCCCCCCCCCCCC(=O)NC(CO)C(O)/C=C/CC/C=C/CCCCCCCCCC. The smallest absolute Gasteiger partial charge is 0.220 e. The molecule has 0 aromatic carbocycles. The number of amides is 1. The van der Waals surface area contributed by atoms with E-state index in [0.717, 1.165) is 70.6 Å². The third-order valence-electron chi connectivity index (χ3n) is 12.3. The van der Waals surface area contributed by atoms with Gasteiger partial charge < -0.3 is 15.5 Å². The van der Waals surface area contributed by atoms with Crippen LogP contribution in [0.15, 0.2) is 97.2 Å². The Hall–Kier alpha value is -2.69. The second kappa shape index (κ2) is 55.6. The van der Waals surface area contributed by atoms with Crippen molar-refractivity contribution in [2.75, 3.05) is 6.61 Å². The first-order valence-electron chi connectivity index (χ1n) is 28.0. The van der Waals surface area contributed by atoms with Crippen LogP contribution in [0.1, 0.15) is 264 Å². The standard InChI is InChI=1S/C61H107NO3/c1-3-5-7-9-11-13-15-17-19-20-21-22-23-24-25-26-27-28-29-30-31-32-33-34-35-36-37-38-39-40-41-42-43-45-47-49-51-53-55-57-61(65)62-59(58-63)60(64)56-54-52-50-48-46-44-18-16-14-12-10-8-6-4-2/h5,7,11,13,17,19,21-22,24-25,27-28,46,48,54,56,59-60,63-64H,3-4,6,8-10,12,14-16,18,20,23,26,29-45,47,49-53,55,57-58H2,1-2H3,(H,62,65)/b7-5-,13-11-,19-17-,22-21-,25-24-,28-27-,48-46+,56-54+. The number of unbranched alkanes of at least 4 members (excludes halogenated alkanes) is 29. The molecular weight excluding hydrogens is 795 g/mol. The molecule has 0 aromatic rings. The van der Waals surface area contributed by atoms with Crippen molar-refractivity contribution in [1.29, 1.82) is 0 Å². The highest BCUT2D eigenvalue weighted by Gasteiger charge is 2.17. The number of carbonyl (C=O) groups is 1. The topological polar surface area (TPSA) is 69.6 Å². The van der Waals surface area contributed by atoms with Crippen molar-refractivity contribution in [3.8, 4) is 0 Å². The molecule has 0 bridgehead atoms. The predicted molar refractivity (Wildman–Crippen MR) is 290 cm³/mol. The number of hydrogen-bond acceptors (Lipinski definition) is 3. The zero-order valence-electron chi connectivity index (χ0n) is 43.0. The lowest BCUT2D eigenvalue weighted by Crippen LogP contribution is -2.45. The van der Waals surface area contributed by atoms with Gasteiger partial charge >= 0.3 is 0 Å². The number of nitrogens with one attached hydrogen (secondary N) is 1. The molecule has 0 fully saturated rings. The van der Waals surface area contributed by atoms with Crippen LogP contribution < -0.4 is 5.32 Å². The molecule has 374 valence electrons. The number of aliphatic hydroxyl groups excluding tert-OH is 2. The predicted octanol–water partition coefficient (Wildman–Crippen LogP) is 18.5. The van der Waals surface area contributed by atoms with Crippen LogP contribution in [0.4, 0.5) is 0 Å². The minimum absolute atomic E-state index is 0.0740. The molecule has 0 aliphatic rings. The van der Waals surface area contributed by atoms with Gasteiger partial charge in [-0.1, -0.05) is 272 Å². The van der Waals surface area contributed by atoms with Crippen molar-refractivity contribution < 1.29 is 15.0 Å². The van der Waals surface area contributed by atoms with E-state index in [2.05, 4.69) is 104 Å². The Labute approximate surface area is 404 Å². The van der Waals surface area contributed by atoms with Gasteiger partial charge in [-0.15, -0.1) is 0 Å². The molecule has 0 saturated heterocycles. The summed E-state index contributed by atoms with van der Waals surface area (Å²) >= 11 is 0. The fourth-order valence-corrected chi connectivity index (χ4v) is 8.08. The quantitative estimate of drug-likeness (QED) is 0.0421. The molecular formula is C61H107NO3. The Balaban J connectivity index is 3.48. The van der Waals surface area contributed by atoms with Gasteiger partial charge in [-0.3, -0.25) is 4.79 Å². The summed E-state index contributed by atoms with van der Waals surface area (Å²) in [7, 11) is 0. The van der Waals surface area contributed by atoms with Crippen LogP contribution >= 0.6 is 0 Å². The van der Waals surface area contributed by atoms with Crippen LogP contribution in [-0.4, -0.2) is 34.9 Å². The van der Waals surface area contributed by atoms with Gasteiger partial charge in [-0.25, -0.2) is 0 Å². The number of aliphatic hydroxyl groups is 2. The maximum Gasteiger partial charge on any atom is 0.220 e. The second-order valence-corrected chi connectivity index (χ2v) is 18.6. The van der Waals surface area contributed by atoms with Crippen molar-refractivity contribution in [2.24, 2.45) is 0 Å². The van der Waals surface area contributed by atoms with E-state index in [1.165, 1.54) is 173 Å². The molecule has 0 rings (SSSR count). The summed E-state index contributed by atoms with van der Waals surface area (Å²) in [5, 5.41) is 23.1. The Kier molecular flexibility index (Phi) is 53.3.